The number of nitrogens with zero attached hydrogens (tertiary/aromatic N) is 2. The fourth-order valence-corrected chi connectivity index (χ4v) is 1.81. The van der Waals surface area contributed by atoms with Crippen LogP contribution in [0.15, 0.2) is 18.2 Å². The molecule has 0 aliphatic carbocycles. The lowest BCUT2D eigenvalue weighted by molar-refractivity contribution is -0.127. The molecule has 5 nitrogen and oxygen atoms in total. The van der Waals surface area contributed by atoms with Gasteiger partial charge in [-0.15, -0.1) is 0 Å². The number of hydrogen-bond acceptors (Lipinski definition) is 3. The van der Waals surface area contributed by atoms with Gasteiger partial charge in [-0.3, -0.25) is 4.79 Å². The van der Waals surface area contributed by atoms with Gasteiger partial charge in [-0.25, -0.2) is 9.18 Å². The standard InChI is InChI=1S/C14H19FN2O3/c1-4-7-17(9-13(18)16(2)3)12-6-5-10(15)8-11(12)14(19)20/h5-6,8H,4,7,9H2,1-3H3,(H,19,20). The minimum Gasteiger partial charge on any atom is -0.478 e. The van der Waals surface area contributed by atoms with Gasteiger partial charge in [-0.1, -0.05) is 6.92 Å². The quantitative estimate of drug-likeness (QED) is 0.864. The molecule has 0 radical (unpaired) electrons. The highest BCUT2D eigenvalue weighted by Crippen LogP contribution is 2.22. The molecule has 20 heavy (non-hydrogen) atoms. The smallest absolute Gasteiger partial charge is 0.337 e. The second kappa shape index (κ2) is 6.88. The summed E-state index contributed by atoms with van der Waals surface area (Å²) in [5.74, 6) is -1.96. The number of carboxylic acids is 1. The van der Waals surface area contributed by atoms with Gasteiger partial charge in [0.05, 0.1) is 17.8 Å². The summed E-state index contributed by atoms with van der Waals surface area (Å²) in [6, 6.07) is 3.57. The van der Waals surface area contributed by atoms with E-state index < -0.39 is 11.8 Å². The van der Waals surface area contributed by atoms with Crippen LogP contribution in [0.2, 0.25) is 0 Å². The molecule has 0 aromatic heterocycles. The van der Waals surface area contributed by atoms with Crippen LogP contribution in [0.1, 0.15) is 23.7 Å². The highest BCUT2D eigenvalue weighted by Gasteiger charge is 2.19. The third-order valence-corrected chi connectivity index (χ3v) is 2.85. The predicted octanol–water partition coefficient (Wildman–Crippen LogP) is 1.83. The lowest BCUT2D eigenvalue weighted by atomic mass is 10.1. The zero-order valence-electron chi connectivity index (χ0n) is 11.9. The summed E-state index contributed by atoms with van der Waals surface area (Å²) in [4.78, 5) is 26.1. The van der Waals surface area contributed by atoms with Gasteiger partial charge in [0.1, 0.15) is 5.82 Å². The first kappa shape index (κ1) is 15.9. The number of benzene rings is 1. The van der Waals surface area contributed by atoms with Crippen molar-refractivity contribution in [3.8, 4) is 0 Å². The van der Waals surface area contributed by atoms with Crippen LogP contribution in [0.5, 0.6) is 0 Å². The SMILES string of the molecule is CCCN(CC(=O)N(C)C)c1ccc(F)cc1C(=O)O. The Morgan fingerprint density at radius 3 is 2.45 bits per heavy atom. The molecular formula is C14H19FN2O3. The fourth-order valence-electron chi connectivity index (χ4n) is 1.81. The molecule has 0 bridgehead atoms. The Bertz CT molecular complexity index is 503. The van der Waals surface area contributed by atoms with Crippen molar-refractivity contribution < 1.29 is 19.1 Å². The normalized spacial score (nSPS) is 10.2. The molecule has 110 valence electrons. The second-order valence-corrected chi connectivity index (χ2v) is 4.68. The Morgan fingerprint density at radius 2 is 1.95 bits per heavy atom. The Balaban J connectivity index is 3.14. The first-order valence-electron chi connectivity index (χ1n) is 6.34. The number of carbonyl (C=O) groups is 2. The summed E-state index contributed by atoms with van der Waals surface area (Å²) in [6.07, 6.45) is 0.747. The van der Waals surface area contributed by atoms with Crippen molar-refractivity contribution in [3.05, 3.63) is 29.6 Å². The third-order valence-electron chi connectivity index (χ3n) is 2.85. The number of rotatable bonds is 6. The van der Waals surface area contributed by atoms with Crippen LogP contribution in [-0.4, -0.2) is 49.1 Å². The van der Waals surface area contributed by atoms with Gasteiger partial charge in [-0.05, 0) is 24.6 Å². The zero-order valence-corrected chi connectivity index (χ0v) is 11.9. The number of likely N-dealkylation sites (N-methyl/N-ethyl adjacent to an activating group) is 1. The van der Waals surface area contributed by atoms with Crippen LogP contribution in [0, 0.1) is 5.82 Å². The Kier molecular flexibility index (Phi) is 5.49. The first-order chi connectivity index (χ1) is 9.36. The van der Waals surface area contributed by atoms with Gasteiger partial charge in [-0.2, -0.15) is 0 Å². The summed E-state index contributed by atoms with van der Waals surface area (Å²) in [7, 11) is 3.27. The Morgan fingerprint density at radius 1 is 1.30 bits per heavy atom. The van der Waals surface area contributed by atoms with E-state index in [2.05, 4.69) is 0 Å². The Hall–Kier alpha value is -2.11. The maximum Gasteiger partial charge on any atom is 0.337 e. The van der Waals surface area contributed by atoms with E-state index in [1.54, 1.807) is 19.0 Å². The van der Waals surface area contributed by atoms with Crippen molar-refractivity contribution in [1.82, 2.24) is 4.90 Å². The van der Waals surface area contributed by atoms with Gasteiger partial charge in [0.25, 0.3) is 0 Å². The van der Waals surface area contributed by atoms with Crippen LogP contribution in [0.4, 0.5) is 10.1 Å². The monoisotopic (exact) mass is 282 g/mol. The van der Waals surface area contributed by atoms with Crippen LogP contribution >= 0.6 is 0 Å². The van der Waals surface area contributed by atoms with Crippen LogP contribution in [-0.2, 0) is 4.79 Å². The van der Waals surface area contributed by atoms with E-state index >= 15 is 0 Å². The summed E-state index contributed by atoms with van der Waals surface area (Å²) in [6.45, 7) is 2.51. The Labute approximate surface area is 117 Å². The number of halogens is 1. The molecule has 1 aromatic carbocycles. The fraction of sp³-hybridized carbons (Fsp3) is 0.429. The van der Waals surface area contributed by atoms with E-state index in [4.69, 9.17) is 5.11 Å². The first-order valence-corrected chi connectivity index (χ1v) is 6.34. The number of carboxylic acid groups (broad SMARTS) is 1. The van der Waals surface area contributed by atoms with Gasteiger partial charge in [0.2, 0.25) is 5.91 Å². The molecule has 0 aliphatic rings. The average Bonchev–Trinajstić information content (AvgIpc) is 2.37. The van der Waals surface area contributed by atoms with E-state index in [9.17, 15) is 14.0 Å². The van der Waals surface area contributed by atoms with E-state index in [1.165, 1.54) is 17.0 Å². The van der Waals surface area contributed by atoms with E-state index in [0.717, 1.165) is 12.5 Å². The zero-order chi connectivity index (χ0) is 15.3. The van der Waals surface area contributed by atoms with Gasteiger partial charge < -0.3 is 14.9 Å². The lowest BCUT2D eigenvalue weighted by Gasteiger charge is -2.26. The van der Waals surface area contributed by atoms with Crippen molar-refractivity contribution in [3.63, 3.8) is 0 Å². The van der Waals surface area contributed by atoms with Gasteiger partial charge in [0, 0.05) is 20.6 Å². The summed E-state index contributed by atoms with van der Waals surface area (Å²) >= 11 is 0. The minimum atomic E-state index is -1.21. The maximum absolute atomic E-state index is 13.2. The molecule has 6 heteroatoms. The number of amides is 1. The highest BCUT2D eigenvalue weighted by atomic mass is 19.1. The molecule has 0 spiro atoms. The summed E-state index contributed by atoms with van der Waals surface area (Å²) in [5.41, 5.74) is 0.223. The van der Waals surface area contributed by atoms with Crippen molar-refractivity contribution in [1.29, 1.82) is 0 Å². The molecule has 0 fully saturated rings. The molecule has 0 saturated heterocycles. The molecule has 0 atom stereocenters. The minimum absolute atomic E-state index is 0.0623. The van der Waals surface area contributed by atoms with E-state index in [1.807, 2.05) is 6.92 Å². The highest BCUT2D eigenvalue weighted by molar-refractivity contribution is 5.95. The predicted molar refractivity (Wildman–Crippen MR) is 74.6 cm³/mol. The van der Waals surface area contributed by atoms with Crippen LogP contribution < -0.4 is 4.90 Å². The maximum atomic E-state index is 13.2. The lowest BCUT2D eigenvalue weighted by Crippen LogP contribution is -2.37. The van der Waals surface area contributed by atoms with Crippen molar-refractivity contribution >= 4 is 17.6 Å². The average molecular weight is 282 g/mol. The van der Waals surface area contributed by atoms with Crippen LogP contribution in [0.3, 0.4) is 0 Å². The van der Waals surface area contributed by atoms with E-state index in [0.29, 0.717) is 12.2 Å². The van der Waals surface area contributed by atoms with Gasteiger partial charge >= 0.3 is 5.97 Å². The van der Waals surface area contributed by atoms with Crippen molar-refractivity contribution in [2.75, 3.05) is 32.1 Å². The second-order valence-electron chi connectivity index (χ2n) is 4.68. The van der Waals surface area contributed by atoms with Gasteiger partial charge in [0.15, 0.2) is 0 Å². The molecule has 0 aliphatic heterocycles. The summed E-state index contributed by atoms with van der Waals surface area (Å²) < 4.78 is 13.2. The number of hydrogen-bond donors (Lipinski definition) is 1. The number of carbonyl (C=O) groups excluding carboxylic acids is 1. The largest absolute Gasteiger partial charge is 0.478 e. The molecule has 1 rings (SSSR count). The molecule has 1 amide bonds. The number of aromatic carboxylic acids is 1. The molecule has 0 saturated carbocycles. The summed E-state index contributed by atoms with van der Waals surface area (Å²) in [5, 5.41) is 9.16. The molecular weight excluding hydrogens is 263 g/mol. The van der Waals surface area contributed by atoms with E-state index in [-0.39, 0.29) is 18.0 Å². The molecule has 0 heterocycles. The molecule has 1 N–H and O–H groups in total. The van der Waals surface area contributed by atoms with Crippen molar-refractivity contribution in [2.45, 2.75) is 13.3 Å². The molecule has 0 unspecified atom stereocenters. The van der Waals surface area contributed by atoms with Crippen LogP contribution in [0.25, 0.3) is 0 Å². The molecule has 1 aromatic rings. The van der Waals surface area contributed by atoms with Crippen molar-refractivity contribution in [2.24, 2.45) is 0 Å². The number of anilines is 1. The topological polar surface area (TPSA) is 60.9 Å². The third kappa shape index (κ3) is 3.94.